The summed E-state index contributed by atoms with van der Waals surface area (Å²) < 4.78 is 28.9. The Bertz CT molecular complexity index is 2840. The molecule has 0 atom stereocenters. The molecule has 11 rings (SSSR count). The molecule has 0 radical (unpaired) electrons. The van der Waals surface area contributed by atoms with Gasteiger partial charge in [-0.2, -0.15) is 0 Å². The third kappa shape index (κ3) is 9.49. The van der Waals surface area contributed by atoms with Gasteiger partial charge in [-0.05, 0) is 71.8 Å². The van der Waals surface area contributed by atoms with Gasteiger partial charge in [-0.25, -0.2) is 0 Å². The first-order valence-corrected chi connectivity index (χ1v) is 22.2. The maximum absolute atomic E-state index is 12.6. The molecular weight excluding hydrogens is 827 g/mol. The van der Waals surface area contributed by atoms with E-state index < -0.39 is 0 Å². The summed E-state index contributed by atoms with van der Waals surface area (Å²) in [5.41, 5.74) is 16.3. The van der Waals surface area contributed by atoms with E-state index in [1.54, 1.807) is 12.1 Å². The lowest BCUT2D eigenvalue weighted by molar-refractivity contribution is -0.118. The number of nitrogens with one attached hydrogen (secondary N) is 3. The van der Waals surface area contributed by atoms with Gasteiger partial charge in [-0.3, -0.25) is 19.3 Å². The first-order chi connectivity index (χ1) is 31.8. The largest absolute Gasteiger partial charge is 0.456 e. The van der Waals surface area contributed by atoms with Crippen molar-refractivity contribution in [2.75, 3.05) is 106 Å². The van der Waals surface area contributed by atoms with Gasteiger partial charge in [0, 0.05) is 109 Å². The van der Waals surface area contributed by atoms with Crippen molar-refractivity contribution in [1.29, 1.82) is 0 Å². The standard InChI is InChI=1S/C28H30N4O5.C22H21N3O3/c33-26-17-22(32-8-12-36-13-9-32)16-24(30-26)23-3-1-2-19-14-20-15-21(4-5-25(20)37-28(19)23)29-27(34)18-31-6-10-35-11-7-31;23-16-4-5-20-15(11-16)10-14-2-1-3-18(22(14)28-20)19-12-17(13-21(26)24-19)25-6-8-27-9-7-25/h1-5,15-17H,6-14,18H2,(H,29,34)(H,30,33);1-5,11-13H,6-10,23H2,(H,24,26). The molecule has 6 aromatic rings. The first kappa shape index (κ1) is 42.1. The van der Waals surface area contributed by atoms with Crippen LogP contribution in [0.15, 0.2) is 107 Å². The number of nitrogens with two attached hydrogens (primary N) is 1. The molecule has 1 amide bonds. The van der Waals surface area contributed by atoms with Crippen molar-refractivity contribution in [3.05, 3.63) is 140 Å². The lowest BCUT2D eigenvalue weighted by Gasteiger charge is -2.29. The first-order valence-electron chi connectivity index (χ1n) is 22.2. The number of ether oxygens (including phenoxy) is 5. The molecule has 15 heteroatoms. The van der Waals surface area contributed by atoms with Crippen LogP contribution in [-0.2, 0) is 31.8 Å². The van der Waals surface area contributed by atoms with Gasteiger partial charge in [0.05, 0.1) is 57.6 Å². The van der Waals surface area contributed by atoms with E-state index in [1.165, 1.54) is 0 Å². The average molecular weight is 878 g/mol. The highest BCUT2D eigenvalue weighted by atomic mass is 16.5. The maximum atomic E-state index is 12.6. The van der Waals surface area contributed by atoms with Crippen LogP contribution < -0.4 is 41.4 Å². The fraction of sp³-hybridized carbons (Fsp3) is 0.300. The zero-order valence-corrected chi connectivity index (χ0v) is 36.0. The third-order valence-corrected chi connectivity index (χ3v) is 12.3. The van der Waals surface area contributed by atoms with Crippen LogP contribution >= 0.6 is 0 Å². The number of pyridine rings is 2. The van der Waals surface area contributed by atoms with Crippen LogP contribution in [0, 0.1) is 0 Å². The number of rotatable bonds is 7. The van der Waals surface area contributed by atoms with Gasteiger partial charge in [0.2, 0.25) is 17.0 Å². The Morgan fingerprint density at radius 1 is 0.569 bits per heavy atom. The molecule has 2 aromatic heterocycles. The Balaban J connectivity index is 0.000000159. The number of carbonyl (C=O) groups excluding carboxylic acids is 1. The minimum atomic E-state index is -0.148. The van der Waals surface area contributed by atoms with E-state index in [4.69, 9.17) is 29.4 Å². The molecule has 4 aromatic carbocycles. The highest BCUT2D eigenvalue weighted by molar-refractivity contribution is 5.92. The van der Waals surface area contributed by atoms with Crippen molar-refractivity contribution in [2.24, 2.45) is 0 Å². The van der Waals surface area contributed by atoms with Crippen molar-refractivity contribution in [3.63, 3.8) is 0 Å². The highest BCUT2D eigenvalue weighted by Gasteiger charge is 2.25. The van der Waals surface area contributed by atoms with Crippen LogP contribution in [0.3, 0.4) is 0 Å². The van der Waals surface area contributed by atoms with Crippen LogP contribution in [0.2, 0.25) is 0 Å². The number of anilines is 4. The molecule has 0 spiro atoms. The number of hydrogen-bond donors (Lipinski definition) is 4. The number of carbonyl (C=O) groups is 1. The summed E-state index contributed by atoms with van der Waals surface area (Å²) >= 11 is 0. The normalized spacial score (nSPS) is 16.6. The Labute approximate surface area is 375 Å². The van der Waals surface area contributed by atoms with E-state index in [1.807, 2.05) is 78.9 Å². The summed E-state index contributed by atoms with van der Waals surface area (Å²) in [6.45, 7) is 8.93. The summed E-state index contributed by atoms with van der Waals surface area (Å²) in [4.78, 5) is 49.9. The van der Waals surface area contributed by atoms with Gasteiger partial charge >= 0.3 is 0 Å². The van der Waals surface area contributed by atoms with E-state index in [9.17, 15) is 14.4 Å². The van der Waals surface area contributed by atoms with Crippen molar-refractivity contribution in [1.82, 2.24) is 14.9 Å². The number of nitrogen functional groups attached to an aromatic ring is 1. The second kappa shape index (κ2) is 18.7. The monoisotopic (exact) mass is 877 g/mol. The van der Waals surface area contributed by atoms with Gasteiger partial charge in [-0.15, -0.1) is 0 Å². The Hall–Kier alpha value is -6.91. The number of hydrogen-bond acceptors (Lipinski definition) is 12. The molecule has 5 N–H and O–H groups in total. The predicted octanol–water partition coefficient (Wildman–Crippen LogP) is 6.00. The molecule has 3 fully saturated rings. The molecular formula is C50H51N7O8. The molecule has 334 valence electrons. The van der Waals surface area contributed by atoms with E-state index >= 15 is 0 Å². The molecule has 5 aliphatic rings. The molecule has 15 nitrogen and oxygen atoms in total. The molecule has 7 heterocycles. The average Bonchev–Trinajstić information content (AvgIpc) is 3.33. The molecule has 0 saturated carbocycles. The van der Waals surface area contributed by atoms with Crippen LogP contribution in [0.1, 0.15) is 22.3 Å². The molecule has 0 bridgehead atoms. The molecule has 0 unspecified atom stereocenters. The number of para-hydroxylation sites is 2. The number of benzene rings is 4. The van der Waals surface area contributed by atoms with Crippen LogP contribution in [-0.4, -0.2) is 106 Å². The fourth-order valence-corrected chi connectivity index (χ4v) is 8.99. The topological polar surface area (TPSA) is 177 Å². The van der Waals surface area contributed by atoms with Crippen LogP contribution in [0.4, 0.5) is 22.7 Å². The van der Waals surface area contributed by atoms with Gasteiger partial charge < -0.3 is 54.5 Å². The number of morpholine rings is 3. The van der Waals surface area contributed by atoms with Crippen molar-refractivity contribution in [3.8, 4) is 45.5 Å². The van der Waals surface area contributed by atoms with Gasteiger partial charge in [0.1, 0.15) is 23.0 Å². The van der Waals surface area contributed by atoms with Gasteiger partial charge in [0.25, 0.3) is 0 Å². The maximum Gasteiger partial charge on any atom is 0.250 e. The van der Waals surface area contributed by atoms with E-state index in [-0.39, 0.29) is 17.0 Å². The lowest BCUT2D eigenvalue weighted by Crippen LogP contribution is -2.41. The predicted molar refractivity (Wildman–Crippen MR) is 250 cm³/mol. The van der Waals surface area contributed by atoms with Crippen molar-refractivity contribution in [2.45, 2.75) is 12.8 Å². The summed E-state index contributed by atoms with van der Waals surface area (Å²) in [6.07, 6.45) is 1.41. The minimum Gasteiger partial charge on any atom is -0.456 e. The van der Waals surface area contributed by atoms with Gasteiger partial charge in [-0.1, -0.05) is 24.3 Å². The van der Waals surface area contributed by atoms with E-state index in [2.05, 4.69) is 36.1 Å². The number of amides is 1. The van der Waals surface area contributed by atoms with Crippen LogP contribution in [0.5, 0.6) is 23.0 Å². The Kier molecular flexibility index (Phi) is 12.1. The van der Waals surface area contributed by atoms with Crippen LogP contribution in [0.25, 0.3) is 22.5 Å². The zero-order chi connectivity index (χ0) is 44.3. The quantitative estimate of drug-likeness (QED) is 0.138. The second-order valence-electron chi connectivity index (χ2n) is 16.7. The van der Waals surface area contributed by atoms with Crippen molar-refractivity contribution < 1.29 is 28.5 Å². The summed E-state index contributed by atoms with van der Waals surface area (Å²) in [5.74, 6) is 3.05. The number of nitrogens with zero attached hydrogens (tertiary/aromatic N) is 3. The minimum absolute atomic E-state index is 0.0367. The smallest absolute Gasteiger partial charge is 0.250 e. The third-order valence-electron chi connectivity index (χ3n) is 12.3. The summed E-state index contributed by atoms with van der Waals surface area (Å²) in [5, 5.41) is 3.01. The lowest BCUT2D eigenvalue weighted by atomic mass is 9.96. The Morgan fingerprint density at radius 2 is 1.06 bits per heavy atom. The van der Waals surface area contributed by atoms with E-state index in [0.29, 0.717) is 52.6 Å². The zero-order valence-electron chi connectivity index (χ0n) is 36.0. The number of H-pyrrole nitrogens is 2. The molecule has 5 aliphatic heterocycles. The summed E-state index contributed by atoms with van der Waals surface area (Å²) in [6, 6.07) is 30.7. The summed E-state index contributed by atoms with van der Waals surface area (Å²) in [7, 11) is 0. The fourth-order valence-electron chi connectivity index (χ4n) is 8.99. The number of aromatic amines is 2. The SMILES string of the molecule is Nc1ccc2c(c1)Cc1cccc(-c3cc(N4CCOCC4)cc(=O)[nH]3)c1O2.O=C(CN1CCOCC1)Nc1ccc2c(c1)Cc1cccc(-c3cc(N4CCOCC4)cc(=O)[nH]3)c1O2. The van der Waals surface area contributed by atoms with Crippen molar-refractivity contribution >= 4 is 28.7 Å². The van der Waals surface area contributed by atoms with Gasteiger partial charge in [0.15, 0.2) is 0 Å². The molecule has 65 heavy (non-hydrogen) atoms. The number of aromatic nitrogens is 2. The van der Waals surface area contributed by atoms with E-state index in [0.717, 1.165) is 136 Å². The molecule has 3 saturated heterocycles. The second-order valence-corrected chi connectivity index (χ2v) is 16.7. The Morgan fingerprint density at radius 3 is 1.60 bits per heavy atom. The molecule has 0 aliphatic carbocycles. The highest BCUT2D eigenvalue weighted by Crippen LogP contribution is 2.44. The number of fused-ring (bicyclic) bond motifs is 4.